The molecule has 0 bridgehead atoms. The monoisotopic (exact) mass is 279 g/mol. The summed E-state index contributed by atoms with van der Waals surface area (Å²) in [6.07, 6.45) is 0. The Bertz CT molecular complexity index is 675. The van der Waals surface area contributed by atoms with Gasteiger partial charge in [0.15, 0.2) is 5.16 Å². The molecule has 19 heavy (non-hydrogen) atoms. The van der Waals surface area contributed by atoms with Gasteiger partial charge in [-0.25, -0.2) is 14.7 Å². The molecule has 0 unspecified atom stereocenters. The highest BCUT2D eigenvalue weighted by Gasteiger charge is 2.15. The Kier molecular flexibility index (Phi) is 3.75. The lowest BCUT2D eigenvalue weighted by Crippen LogP contribution is -2.16. The summed E-state index contributed by atoms with van der Waals surface area (Å²) in [6.45, 7) is 4.19. The van der Waals surface area contributed by atoms with E-state index in [1.807, 2.05) is 13.8 Å². The fraction of sp³-hybridized carbons (Fsp3) is 0.250. The minimum absolute atomic E-state index is 0.203. The van der Waals surface area contributed by atoms with Crippen molar-refractivity contribution in [2.75, 3.05) is 0 Å². The van der Waals surface area contributed by atoms with Gasteiger partial charge in [-0.3, -0.25) is 4.57 Å². The summed E-state index contributed by atoms with van der Waals surface area (Å²) in [5.74, 6) is -0.997. The van der Waals surface area contributed by atoms with Gasteiger partial charge in [0.05, 0.1) is 5.56 Å². The number of nitrogens with one attached hydrogen (secondary N) is 1. The third kappa shape index (κ3) is 2.70. The summed E-state index contributed by atoms with van der Waals surface area (Å²) in [5, 5.41) is 15.9. The van der Waals surface area contributed by atoms with E-state index >= 15 is 0 Å². The lowest BCUT2D eigenvalue weighted by molar-refractivity contribution is 0.0693. The standard InChI is InChI=1S/C12H13N3O3S/c1-3-15-11(18)13-14-12(15)19-9-6-7(2)4-5-8(9)10(16)17/h4-6H,3H2,1-2H3,(H,13,18)(H,16,17). The van der Waals surface area contributed by atoms with Crippen LogP contribution in [0.2, 0.25) is 0 Å². The van der Waals surface area contributed by atoms with Crippen molar-refractivity contribution in [1.82, 2.24) is 14.8 Å². The number of carboxylic acid groups (broad SMARTS) is 1. The van der Waals surface area contributed by atoms with E-state index in [1.165, 1.54) is 16.3 Å². The van der Waals surface area contributed by atoms with Crippen LogP contribution in [-0.4, -0.2) is 25.8 Å². The lowest BCUT2D eigenvalue weighted by atomic mass is 10.1. The number of hydrogen-bond acceptors (Lipinski definition) is 4. The topological polar surface area (TPSA) is 88.0 Å². The molecular weight excluding hydrogens is 266 g/mol. The van der Waals surface area contributed by atoms with E-state index in [1.54, 1.807) is 18.2 Å². The molecule has 7 heteroatoms. The maximum absolute atomic E-state index is 11.5. The first-order chi connectivity index (χ1) is 9.02. The Labute approximate surface area is 113 Å². The molecule has 0 saturated heterocycles. The first-order valence-corrected chi connectivity index (χ1v) is 6.51. The molecule has 2 N–H and O–H groups in total. The molecular formula is C12H13N3O3S. The molecule has 0 aliphatic carbocycles. The summed E-state index contributed by atoms with van der Waals surface area (Å²) in [7, 11) is 0. The minimum Gasteiger partial charge on any atom is -0.478 e. The average Bonchev–Trinajstić information content (AvgIpc) is 2.69. The van der Waals surface area contributed by atoms with Crippen molar-refractivity contribution in [3.63, 3.8) is 0 Å². The number of aryl methyl sites for hydroxylation is 1. The van der Waals surface area contributed by atoms with Crippen molar-refractivity contribution in [3.8, 4) is 0 Å². The van der Waals surface area contributed by atoms with Gasteiger partial charge in [-0.1, -0.05) is 6.07 Å². The van der Waals surface area contributed by atoms with Gasteiger partial charge in [-0.05, 0) is 43.3 Å². The summed E-state index contributed by atoms with van der Waals surface area (Å²) < 4.78 is 1.46. The van der Waals surface area contributed by atoms with Gasteiger partial charge >= 0.3 is 11.7 Å². The SMILES string of the molecule is CCn1c(Sc2cc(C)ccc2C(=O)O)n[nH]c1=O. The Balaban J connectivity index is 2.45. The molecule has 1 heterocycles. The molecule has 6 nitrogen and oxygen atoms in total. The van der Waals surface area contributed by atoms with Crippen LogP contribution < -0.4 is 5.69 Å². The van der Waals surface area contributed by atoms with E-state index in [-0.39, 0.29) is 11.3 Å². The van der Waals surface area contributed by atoms with Crippen molar-refractivity contribution < 1.29 is 9.90 Å². The highest BCUT2D eigenvalue weighted by molar-refractivity contribution is 7.99. The predicted octanol–water partition coefficient (Wildman–Crippen LogP) is 1.75. The fourth-order valence-corrected chi connectivity index (χ4v) is 2.77. The van der Waals surface area contributed by atoms with Crippen molar-refractivity contribution in [3.05, 3.63) is 39.8 Å². The molecule has 0 fully saturated rings. The number of H-pyrrole nitrogens is 1. The Morgan fingerprint density at radius 2 is 2.26 bits per heavy atom. The number of carboxylic acids is 1. The van der Waals surface area contributed by atoms with Gasteiger partial charge in [-0.15, -0.1) is 5.10 Å². The molecule has 2 aromatic rings. The number of carbonyl (C=O) groups is 1. The van der Waals surface area contributed by atoms with Crippen LogP contribution in [0.25, 0.3) is 0 Å². The van der Waals surface area contributed by atoms with Crippen molar-refractivity contribution >= 4 is 17.7 Å². The number of aromatic amines is 1. The maximum atomic E-state index is 11.5. The average molecular weight is 279 g/mol. The number of aromatic carboxylic acids is 1. The van der Waals surface area contributed by atoms with E-state index in [0.29, 0.717) is 16.6 Å². The molecule has 2 rings (SSSR count). The molecule has 0 aliphatic heterocycles. The van der Waals surface area contributed by atoms with Gasteiger partial charge in [0.1, 0.15) is 0 Å². The Morgan fingerprint density at radius 1 is 1.53 bits per heavy atom. The van der Waals surface area contributed by atoms with Gasteiger partial charge in [0.2, 0.25) is 0 Å². The second-order valence-electron chi connectivity index (χ2n) is 3.96. The maximum Gasteiger partial charge on any atom is 0.343 e. The number of rotatable bonds is 4. The zero-order valence-electron chi connectivity index (χ0n) is 10.5. The molecule has 0 aliphatic rings. The summed E-state index contributed by atoms with van der Waals surface area (Å²) in [4.78, 5) is 23.2. The van der Waals surface area contributed by atoms with Gasteiger partial charge in [0, 0.05) is 11.4 Å². The largest absolute Gasteiger partial charge is 0.478 e. The quantitative estimate of drug-likeness (QED) is 0.890. The molecule has 100 valence electrons. The van der Waals surface area contributed by atoms with E-state index in [2.05, 4.69) is 10.2 Å². The van der Waals surface area contributed by atoms with Gasteiger partial charge < -0.3 is 5.11 Å². The van der Waals surface area contributed by atoms with Crippen LogP contribution in [0.3, 0.4) is 0 Å². The third-order valence-electron chi connectivity index (χ3n) is 2.61. The predicted molar refractivity (Wildman–Crippen MR) is 70.8 cm³/mol. The van der Waals surface area contributed by atoms with Crippen LogP contribution in [0, 0.1) is 6.92 Å². The smallest absolute Gasteiger partial charge is 0.343 e. The van der Waals surface area contributed by atoms with Gasteiger partial charge in [-0.2, -0.15) is 0 Å². The lowest BCUT2D eigenvalue weighted by Gasteiger charge is -2.06. The normalized spacial score (nSPS) is 10.6. The van der Waals surface area contributed by atoms with E-state index in [9.17, 15) is 9.59 Å². The highest BCUT2D eigenvalue weighted by atomic mass is 32.2. The van der Waals surface area contributed by atoms with Crippen LogP contribution in [0.1, 0.15) is 22.8 Å². The number of hydrogen-bond donors (Lipinski definition) is 2. The summed E-state index contributed by atoms with van der Waals surface area (Å²) >= 11 is 1.17. The summed E-state index contributed by atoms with van der Waals surface area (Å²) in [6, 6.07) is 5.07. The first kappa shape index (κ1) is 13.4. The van der Waals surface area contributed by atoms with Crippen LogP contribution in [0.5, 0.6) is 0 Å². The zero-order valence-corrected chi connectivity index (χ0v) is 11.3. The van der Waals surface area contributed by atoms with Crippen molar-refractivity contribution in [2.45, 2.75) is 30.4 Å². The minimum atomic E-state index is -0.997. The number of nitrogens with zero attached hydrogens (tertiary/aromatic N) is 2. The van der Waals surface area contributed by atoms with E-state index < -0.39 is 5.97 Å². The van der Waals surface area contributed by atoms with Gasteiger partial charge in [0.25, 0.3) is 0 Å². The van der Waals surface area contributed by atoms with E-state index in [0.717, 1.165) is 5.56 Å². The van der Waals surface area contributed by atoms with Crippen LogP contribution in [-0.2, 0) is 6.54 Å². The number of benzene rings is 1. The number of aromatic nitrogens is 3. The van der Waals surface area contributed by atoms with Crippen LogP contribution >= 0.6 is 11.8 Å². The Morgan fingerprint density at radius 3 is 2.89 bits per heavy atom. The molecule has 0 radical (unpaired) electrons. The third-order valence-corrected chi connectivity index (χ3v) is 3.66. The molecule has 1 aromatic heterocycles. The molecule has 1 aromatic carbocycles. The molecule has 0 spiro atoms. The molecule has 0 amide bonds. The summed E-state index contributed by atoms with van der Waals surface area (Å²) in [5.41, 5.74) is 0.858. The van der Waals surface area contributed by atoms with Crippen molar-refractivity contribution in [2.24, 2.45) is 0 Å². The van der Waals surface area contributed by atoms with Crippen LogP contribution in [0.4, 0.5) is 0 Å². The fourth-order valence-electron chi connectivity index (χ4n) is 1.65. The highest BCUT2D eigenvalue weighted by Crippen LogP contribution is 2.29. The first-order valence-electron chi connectivity index (χ1n) is 5.70. The van der Waals surface area contributed by atoms with E-state index in [4.69, 9.17) is 5.11 Å². The molecule has 0 saturated carbocycles. The van der Waals surface area contributed by atoms with Crippen LogP contribution in [0.15, 0.2) is 33.0 Å². The second-order valence-corrected chi connectivity index (χ2v) is 4.97. The molecule has 0 atom stereocenters. The Hall–Kier alpha value is -2.02. The zero-order chi connectivity index (χ0) is 14.0. The second kappa shape index (κ2) is 5.31. The van der Waals surface area contributed by atoms with Crippen molar-refractivity contribution in [1.29, 1.82) is 0 Å².